The maximum atomic E-state index is 13.4. The van der Waals surface area contributed by atoms with Gasteiger partial charge in [0.15, 0.2) is 0 Å². The molecule has 0 radical (unpaired) electrons. The van der Waals surface area contributed by atoms with Gasteiger partial charge in [-0.3, -0.25) is 4.79 Å². The van der Waals surface area contributed by atoms with Crippen molar-refractivity contribution in [2.24, 2.45) is 11.8 Å². The van der Waals surface area contributed by atoms with Crippen molar-refractivity contribution in [3.8, 4) is 0 Å². The molecule has 0 bridgehead atoms. The molecular weight excluding hydrogens is 305 g/mol. The van der Waals surface area contributed by atoms with E-state index in [-0.39, 0.29) is 28.5 Å². The van der Waals surface area contributed by atoms with Gasteiger partial charge in [-0.25, -0.2) is 4.39 Å². The topological polar surface area (TPSA) is 40.5 Å². The fourth-order valence-corrected chi connectivity index (χ4v) is 3.24. The number of aliphatic hydroxyl groups excluding tert-OH is 1. The molecule has 0 aliphatic carbocycles. The Morgan fingerprint density at radius 2 is 2.00 bits per heavy atom. The molecule has 1 amide bonds. The van der Waals surface area contributed by atoms with Crippen molar-refractivity contribution in [1.82, 2.24) is 4.90 Å². The van der Waals surface area contributed by atoms with E-state index in [4.69, 9.17) is 11.6 Å². The molecule has 1 aliphatic rings. The second-order valence-electron chi connectivity index (χ2n) is 6.48. The summed E-state index contributed by atoms with van der Waals surface area (Å²) >= 11 is 5.80. The lowest BCUT2D eigenvalue weighted by molar-refractivity contribution is 0.0385. The van der Waals surface area contributed by atoms with Crippen molar-refractivity contribution >= 4 is 17.5 Å². The van der Waals surface area contributed by atoms with Gasteiger partial charge in [-0.1, -0.05) is 25.4 Å². The van der Waals surface area contributed by atoms with Crippen LogP contribution in [-0.4, -0.2) is 35.1 Å². The molecule has 0 saturated carbocycles. The number of amides is 1. The van der Waals surface area contributed by atoms with Gasteiger partial charge in [0.25, 0.3) is 5.91 Å². The van der Waals surface area contributed by atoms with Crippen LogP contribution in [0.3, 0.4) is 0 Å². The highest BCUT2D eigenvalue weighted by Gasteiger charge is 2.28. The van der Waals surface area contributed by atoms with E-state index >= 15 is 0 Å². The van der Waals surface area contributed by atoms with Gasteiger partial charge < -0.3 is 10.0 Å². The fourth-order valence-electron chi connectivity index (χ4n) is 3.02. The van der Waals surface area contributed by atoms with Crippen LogP contribution < -0.4 is 0 Å². The molecule has 3 nitrogen and oxygen atoms in total. The quantitative estimate of drug-likeness (QED) is 0.915. The summed E-state index contributed by atoms with van der Waals surface area (Å²) in [6.45, 7) is 5.37. The first-order valence-electron chi connectivity index (χ1n) is 7.80. The number of likely N-dealkylation sites (tertiary alicyclic amines) is 1. The Hall–Kier alpha value is -1.13. The maximum Gasteiger partial charge on any atom is 0.254 e. The molecular formula is C17H23ClFNO2. The SMILES string of the molecule is CC(C)CC(O)C1CCN(C(=O)c2cc(F)cc(Cl)c2)CC1. The lowest BCUT2D eigenvalue weighted by atomic mass is 9.87. The van der Waals surface area contributed by atoms with E-state index in [1.165, 1.54) is 18.2 Å². The minimum absolute atomic E-state index is 0.196. The summed E-state index contributed by atoms with van der Waals surface area (Å²) in [6, 6.07) is 3.90. The van der Waals surface area contributed by atoms with E-state index in [1.54, 1.807) is 4.90 Å². The van der Waals surface area contributed by atoms with Gasteiger partial charge in [-0.2, -0.15) is 0 Å². The summed E-state index contributed by atoms with van der Waals surface area (Å²) in [5.74, 6) is 0.00272. The summed E-state index contributed by atoms with van der Waals surface area (Å²) in [6.07, 6.45) is 2.05. The van der Waals surface area contributed by atoms with E-state index in [0.717, 1.165) is 19.3 Å². The number of halogens is 2. The molecule has 1 aromatic carbocycles. The number of carbonyl (C=O) groups is 1. The van der Waals surface area contributed by atoms with Gasteiger partial charge in [-0.05, 0) is 49.3 Å². The van der Waals surface area contributed by atoms with Crippen molar-refractivity contribution in [3.05, 3.63) is 34.6 Å². The Balaban J connectivity index is 1.95. The minimum atomic E-state index is -0.502. The van der Waals surface area contributed by atoms with E-state index < -0.39 is 5.82 Å². The lowest BCUT2D eigenvalue weighted by Crippen LogP contribution is -2.41. The van der Waals surface area contributed by atoms with Crippen LogP contribution in [0.25, 0.3) is 0 Å². The third-order valence-electron chi connectivity index (χ3n) is 4.19. The smallest absolute Gasteiger partial charge is 0.254 e. The lowest BCUT2D eigenvalue weighted by Gasteiger charge is -2.34. The van der Waals surface area contributed by atoms with E-state index in [9.17, 15) is 14.3 Å². The van der Waals surface area contributed by atoms with Crippen LogP contribution in [0.2, 0.25) is 5.02 Å². The Bertz CT molecular complexity index is 507. The van der Waals surface area contributed by atoms with Crippen LogP contribution in [-0.2, 0) is 0 Å². The van der Waals surface area contributed by atoms with E-state index in [2.05, 4.69) is 13.8 Å². The molecule has 122 valence electrons. The average molecular weight is 328 g/mol. The molecule has 0 spiro atoms. The zero-order valence-corrected chi connectivity index (χ0v) is 13.8. The average Bonchev–Trinajstić information content (AvgIpc) is 2.45. The summed E-state index contributed by atoms with van der Waals surface area (Å²) in [5, 5.41) is 10.4. The summed E-state index contributed by atoms with van der Waals surface area (Å²) < 4.78 is 13.4. The number of hydrogen-bond acceptors (Lipinski definition) is 2. The van der Waals surface area contributed by atoms with Crippen molar-refractivity contribution in [2.75, 3.05) is 13.1 Å². The predicted molar refractivity (Wildman–Crippen MR) is 85.5 cm³/mol. The number of carbonyl (C=O) groups excluding carboxylic acids is 1. The largest absolute Gasteiger partial charge is 0.393 e. The molecule has 22 heavy (non-hydrogen) atoms. The Kier molecular flexibility index (Phi) is 5.81. The Morgan fingerprint density at radius 1 is 1.36 bits per heavy atom. The molecule has 5 heteroatoms. The standard InChI is InChI=1S/C17H23ClFNO2/c1-11(2)7-16(21)12-3-5-20(6-4-12)17(22)13-8-14(18)10-15(19)9-13/h8-12,16,21H,3-7H2,1-2H3. The van der Waals surface area contributed by atoms with E-state index in [0.29, 0.717) is 19.0 Å². The first-order valence-corrected chi connectivity index (χ1v) is 8.18. The first kappa shape index (κ1) is 17.2. The monoisotopic (exact) mass is 327 g/mol. The number of piperidine rings is 1. The van der Waals surface area contributed by atoms with Crippen molar-refractivity contribution in [3.63, 3.8) is 0 Å². The van der Waals surface area contributed by atoms with Crippen molar-refractivity contribution in [2.45, 2.75) is 39.2 Å². The van der Waals surface area contributed by atoms with Gasteiger partial charge in [0.1, 0.15) is 5.82 Å². The normalized spacial score (nSPS) is 17.8. The third kappa shape index (κ3) is 4.43. The van der Waals surface area contributed by atoms with Gasteiger partial charge >= 0.3 is 0 Å². The molecule has 0 aromatic heterocycles. The predicted octanol–water partition coefficient (Wildman–Crippen LogP) is 3.74. The second kappa shape index (κ2) is 7.42. The van der Waals surface area contributed by atoms with Crippen molar-refractivity contribution < 1.29 is 14.3 Å². The molecule has 1 saturated heterocycles. The number of hydrogen-bond donors (Lipinski definition) is 1. The van der Waals surface area contributed by atoms with Gasteiger partial charge in [0.2, 0.25) is 0 Å². The van der Waals surface area contributed by atoms with Gasteiger partial charge in [0, 0.05) is 23.7 Å². The maximum absolute atomic E-state index is 13.4. The van der Waals surface area contributed by atoms with Gasteiger partial charge in [-0.15, -0.1) is 0 Å². The first-order chi connectivity index (χ1) is 10.4. The molecule has 1 aromatic rings. The molecule has 1 atom stereocenters. The third-order valence-corrected chi connectivity index (χ3v) is 4.41. The van der Waals surface area contributed by atoms with Crippen molar-refractivity contribution in [1.29, 1.82) is 0 Å². The number of benzene rings is 1. The molecule has 2 rings (SSSR count). The molecule has 1 N–H and O–H groups in total. The molecule has 1 aliphatic heterocycles. The Morgan fingerprint density at radius 3 is 2.55 bits per heavy atom. The second-order valence-corrected chi connectivity index (χ2v) is 6.92. The summed E-state index contributed by atoms with van der Waals surface area (Å²) in [5.41, 5.74) is 0.283. The highest BCUT2D eigenvalue weighted by Crippen LogP contribution is 2.26. The van der Waals surface area contributed by atoms with Crippen LogP contribution in [0.15, 0.2) is 18.2 Å². The summed E-state index contributed by atoms with van der Waals surface area (Å²) in [7, 11) is 0. The molecule has 1 fully saturated rings. The van der Waals surface area contributed by atoms with E-state index in [1.807, 2.05) is 0 Å². The number of aliphatic hydroxyl groups is 1. The van der Waals surface area contributed by atoms with Crippen LogP contribution in [0.5, 0.6) is 0 Å². The highest BCUT2D eigenvalue weighted by molar-refractivity contribution is 6.31. The minimum Gasteiger partial charge on any atom is -0.393 e. The number of nitrogens with zero attached hydrogens (tertiary/aromatic N) is 1. The zero-order chi connectivity index (χ0) is 16.3. The van der Waals surface area contributed by atoms with Crippen LogP contribution in [0.1, 0.15) is 43.5 Å². The molecule has 1 unspecified atom stereocenters. The summed E-state index contributed by atoms with van der Waals surface area (Å²) in [4.78, 5) is 14.1. The zero-order valence-electron chi connectivity index (χ0n) is 13.1. The number of rotatable bonds is 4. The van der Waals surface area contributed by atoms with Crippen LogP contribution >= 0.6 is 11.6 Å². The fraction of sp³-hybridized carbons (Fsp3) is 0.588. The Labute approximate surface area is 136 Å². The molecule has 1 heterocycles. The highest BCUT2D eigenvalue weighted by atomic mass is 35.5. The van der Waals surface area contributed by atoms with Crippen LogP contribution in [0.4, 0.5) is 4.39 Å². The van der Waals surface area contributed by atoms with Gasteiger partial charge in [0.05, 0.1) is 6.10 Å². The van der Waals surface area contributed by atoms with Crippen LogP contribution in [0, 0.1) is 17.7 Å².